The first kappa shape index (κ1) is 10.7. The van der Waals surface area contributed by atoms with Gasteiger partial charge in [0.2, 0.25) is 0 Å². The molecule has 0 aliphatic rings. The van der Waals surface area contributed by atoms with E-state index in [1.807, 2.05) is 0 Å². The van der Waals surface area contributed by atoms with Gasteiger partial charge in [-0.2, -0.15) is 0 Å². The first-order valence-corrected chi connectivity index (χ1v) is 4.16. The summed E-state index contributed by atoms with van der Waals surface area (Å²) in [6, 6.07) is -0.525. The van der Waals surface area contributed by atoms with Gasteiger partial charge in [0, 0.05) is 0 Å². The molecule has 0 unspecified atom stereocenters. The van der Waals surface area contributed by atoms with E-state index < -0.39 is 6.04 Å². The quantitative estimate of drug-likeness (QED) is 0.717. The molecule has 0 aliphatic heterocycles. The van der Waals surface area contributed by atoms with Crippen molar-refractivity contribution in [2.24, 2.45) is 5.73 Å². The Bertz CT molecular complexity index is 282. The molecule has 1 rings (SSSR count). The summed E-state index contributed by atoms with van der Waals surface area (Å²) in [4.78, 5) is 3.92. The van der Waals surface area contributed by atoms with Crippen LogP contribution in [0.15, 0.2) is 12.4 Å². The van der Waals surface area contributed by atoms with Crippen LogP contribution in [0.3, 0.4) is 0 Å². The van der Waals surface area contributed by atoms with Crippen molar-refractivity contribution in [3.8, 4) is 11.5 Å². The molecule has 0 radical (unpaired) electrons. The van der Waals surface area contributed by atoms with Crippen molar-refractivity contribution in [2.75, 3.05) is 20.8 Å². The van der Waals surface area contributed by atoms with Crippen LogP contribution in [0.5, 0.6) is 11.5 Å². The topological polar surface area (TPSA) is 77.6 Å². The van der Waals surface area contributed by atoms with E-state index in [1.165, 1.54) is 26.6 Å². The highest BCUT2D eigenvalue weighted by atomic mass is 16.5. The molecule has 0 bridgehead atoms. The van der Waals surface area contributed by atoms with Gasteiger partial charge in [-0.25, -0.2) is 0 Å². The zero-order chi connectivity index (χ0) is 10.6. The maximum absolute atomic E-state index is 8.97. The molecular formula is C9H14N2O3. The minimum atomic E-state index is -0.525. The zero-order valence-corrected chi connectivity index (χ0v) is 8.23. The summed E-state index contributed by atoms with van der Waals surface area (Å²) in [6.45, 7) is -0.170. The van der Waals surface area contributed by atoms with Crippen molar-refractivity contribution < 1.29 is 14.6 Å². The average Bonchev–Trinajstić information content (AvgIpc) is 2.26. The van der Waals surface area contributed by atoms with Crippen molar-refractivity contribution >= 4 is 0 Å². The fourth-order valence-corrected chi connectivity index (χ4v) is 1.22. The fourth-order valence-electron chi connectivity index (χ4n) is 1.22. The van der Waals surface area contributed by atoms with Crippen molar-refractivity contribution in [1.82, 2.24) is 4.98 Å². The van der Waals surface area contributed by atoms with E-state index in [-0.39, 0.29) is 6.61 Å². The molecule has 1 heterocycles. The van der Waals surface area contributed by atoms with E-state index in [2.05, 4.69) is 4.98 Å². The number of ether oxygens (including phenoxy) is 2. The Morgan fingerprint density at radius 1 is 1.36 bits per heavy atom. The van der Waals surface area contributed by atoms with Gasteiger partial charge in [-0.1, -0.05) is 0 Å². The standard InChI is InChI=1S/C9H14N2O3/c1-13-7-3-11-4-8(14-2)9(7)6(10)5-12/h3-4,6,12H,5,10H2,1-2H3/t6-/m1/s1. The highest BCUT2D eigenvalue weighted by molar-refractivity contribution is 5.44. The number of aromatic nitrogens is 1. The smallest absolute Gasteiger partial charge is 0.145 e. The van der Waals surface area contributed by atoms with Crippen molar-refractivity contribution in [2.45, 2.75) is 6.04 Å². The van der Waals surface area contributed by atoms with Gasteiger partial charge >= 0.3 is 0 Å². The molecule has 1 atom stereocenters. The van der Waals surface area contributed by atoms with Gasteiger partial charge in [-0.15, -0.1) is 0 Å². The predicted octanol–water partition coefficient (Wildman–Crippen LogP) is 0.0909. The van der Waals surface area contributed by atoms with Crippen LogP contribution < -0.4 is 15.2 Å². The summed E-state index contributed by atoms with van der Waals surface area (Å²) in [7, 11) is 3.04. The molecule has 14 heavy (non-hydrogen) atoms. The van der Waals surface area contributed by atoms with Gasteiger partial charge in [0.1, 0.15) is 11.5 Å². The van der Waals surface area contributed by atoms with Crippen molar-refractivity contribution in [1.29, 1.82) is 0 Å². The third-order valence-corrected chi connectivity index (χ3v) is 1.92. The number of aliphatic hydroxyl groups excluding tert-OH is 1. The number of pyridine rings is 1. The Morgan fingerprint density at radius 2 is 1.86 bits per heavy atom. The van der Waals surface area contributed by atoms with Crippen LogP contribution >= 0.6 is 0 Å². The van der Waals surface area contributed by atoms with Crippen LogP contribution in [0.4, 0.5) is 0 Å². The first-order chi connectivity index (χ1) is 6.74. The van der Waals surface area contributed by atoms with E-state index in [0.29, 0.717) is 17.1 Å². The Balaban J connectivity index is 3.18. The normalized spacial score (nSPS) is 12.3. The third kappa shape index (κ3) is 1.94. The highest BCUT2D eigenvalue weighted by Crippen LogP contribution is 2.31. The Morgan fingerprint density at radius 3 is 2.21 bits per heavy atom. The van der Waals surface area contributed by atoms with E-state index in [0.717, 1.165) is 0 Å². The molecule has 3 N–H and O–H groups in total. The molecule has 0 aliphatic carbocycles. The molecule has 78 valence electrons. The molecule has 0 saturated carbocycles. The number of methoxy groups -OCH3 is 2. The Hall–Kier alpha value is -1.33. The summed E-state index contributed by atoms with van der Waals surface area (Å²) in [5.74, 6) is 1.04. The van der Waals surface area contributed by atoms with Crippen molar-refractivity contribution in [3.05, 3.63) is 18.0 Å². The van der Waals surface area contributed by atoms with Crippen LogP contribution in [-0.2, 0) is 0 Å². The lowest BCUT2D eigenvalue weighted by Crippen LogP contribution is -2.16. The lowest BCUT2D eigenvalue weighted by atomic mass is 10.1. The molecule has 0 amide bonds. The largest absolute Gasteiger partial charge is 0.495 e. The van der Waals surface area contributed by atoms with E-state index in [4.69, 9.17) is 20.3 Å². The monoisotopic (exact) mass is 198 g/mol. The molecule has 0 spiro atoms. The second-order valence-electron chi connectivity index (χ2n) is 2.75. The molecular weight excluding hydrogens is 184 g/mol. The number of hydrogen-bond acceptors (Lipinski definition) is 5. The van der Waals surface area contributed by atoms with Gasteiger partial charge in [-0.05, 0) is 0 Å². The third-order valence-electron chi connectivity index (χ3n) is 1.92. The van der Waals surface area contributed by atoms with E-state index in [9.17, 15) is 0 Å². The van der Waals surface area contributed by atoms with Gasteiger partial charge < -0.3 is 20.3 Å². The van der Waals surface area contributed by atoms with Crippen LogP contribution in [0, 0.1) is 0 Å². The minimum absolute atomic E-state index is 0.170. The van der Waals surface area contributed by atoms with E-state index in [1.54, 1.807) is 0 Å². The average molecular weight is 198 g/mol. The van der Waals surface area contributed by atoms with Crippen molar-refractivity contribution in [3.63, 3.8) is 0 Å². The maximum atomic E-state index is 8.97. The summed E-state index contributed by atoms with van der Waals surface area (Å²) in [5, 5.41) is 8.97. The van der Waals surface area contributed by atoms with Crippen LogP contribution in [0.2, 0.25) is 0 Å². The minimum Gasteiger partial charge on any atom is -0.495 e. The summed E-state index contributed by atoms with van der Waals surface area (Å²) in [6.07, 6.45) is 3.07. The van der Waals surface area contributed by atoms with Crippen LogP contribution in [0.25, 0.3) is 0 Å². The van der Waals surface area contributed by atoms with Gasteiger partial charge in [-0.3, -0.25) is 4.98 Å². The summed E-state index contributed by atoms with van der Waals surface area (Å²) in [5.41, 5.74) is 6.34. The molecule has 5 heteroatoms. The zero-order valence-electron chi connectivity index (χ0n) is 8.23. The number of nitrogens with two attached hydrogens (primary N) is 1. The second-order valence-corrected chi connectivity index (χ2v) is 2.75. The molecule has 1 aromatic rings. The molecule has 0 fully saturated rings. The highest BCUT2D eigenvalue weighted by Gasteiger charge is 2.16. The molecule has 0 aromatic carbocycles. The lowest BCUT2D eigenvalue weighted by molar-refractivity contribution is 0.260. The Kier molecular flexibility index (Phi) is 3.67. The molecule has 1 aromatic heterocycles. The molecule has 0 saturated heterocycles. The maximum Gasteiger partial charge on any atom is 0.145 e. The van der Waals surface area contributed by atoms with Gasteiger partial charge in [0.25, 0.3) is 0 Å². The number of aliphatic hydroxyl groups is 1. The number of hydrogen-bond donors (Lipinski definition) is 2. The van der Waals surface area contributed by atoms with Gasteiger partial charge in [0.15, 0.2) is 0 Å². The number of nitrogens with zero attached hydrogens (tertiary/aromatic N) is 1. The predicted molar refractivity (Wildman–Crippen MR) is 51.4 cm³/mol. The summed E-state index contributed by atoms with van der Waals surface area (Å²) < 4.78 is 10.2. The number of rotatable bonds is 4. The second kappa shape index (κ2) is 4.78. The molecule has 5 nitrogen and oxygen atoms in total. The van der Waals surface area contributed by atoms with Gasteiger partial charge in [0.05, 0.1) is 44.8 Å². The summed E-state index contributed by atoms with van der Waals surface area (Å²) >= 11 is 0. The first-order valence-electron chi connectivity index (χ1n) is 4.16. The Labute approximate surface area is 82.5 Å². The van der Waals surface area contributed by atoms with E-state index >= 15 is 0 Å². The lowest BCUT2D eigenvalue weighted by Gasteiger charge is -2.16. The van der Waals surface area contributed by atoms with Crippen LogP contribution in [-0.4, -0.2) is 30.9 Å². The fraction of sp³-hybridized carbons (Fsp3) is 0.444. The van der Waals surface area contributed by atoms with Crippen LogP contribution in [0.1, 0.15) is 11.6 Å². The SMILES string of the molecule is COc1cncc(OC)c1[C@H](N)CO.